The molecule has 1 aliphatic rings. The first kappa shape index (κ1) is 16.3. The van der Waals surface area contributed by atoms with Gasteiger partial charge in [-0.25, -0.2) is 0 Å². The molecule has 1 aromatic rings. The summed E-state index contributed by atoms with van der Waals surface area (Å²) >= 11 is 0. The number of nitrogens with zero attached hydrogens (tertiary/aromatic N) is 2. The number of hydrogen-bond donors (Lipinski definition) is 2. The second-order valence-electron chi connectivity index (χ2n) is 6.07. The predicted molar refractivity (Wildman–Crippen MR) is 88.8 cm³/mol. The topological polar surface area (TPSA) is 38.7 Å². The van der Waals surface area contributed by atoms with E-state index in [4.69, 9.17) is 5.11 Å². The summed E-state index contributed by atoms with van der Waals surface area (Å²) in [5, 5.41) is 12.6. The van der Waals surface area contributed by atoms with Crippen LogP contribution in [-0.4, -0.2) is 55.4 Å². The summed E-state index contributed by atoms with van der Waals surface area (Å²) in [4.78, 5) is 4.85. The molecule has 1 aliphatic heterocycles. The molecular formula is C17H29N3O. The Morgan fingerprint density at radius 1 is 1.14 bits per heavy atom. The van der Waals surface area contributed by atoms with Crippen LogP contribution in [0.3, 0.4) is 0 Å². The Morgan fingerprint density at radius 3 is 2.71 bits per heavy atom. The Balaban J connectivity index is 2.03. The van der Waals surface area contributed by atoms with Crippen LogP contribution in [0, 0.1) is 0 Å². The molecule has 4 heteroatoms. The largest absolute Gasteiger partial charge is 0.395 e. The van der Waals surface area contributed by atoms with Gasteiger partial charge in [-0.2, -0.15) is 0 Å². The average molecular weight is 291 g/mol. The van der Waals surface area contributed by atoms with Gasteiger partial charge in [0.05, 0.1) is 6.61 Å². The summed E-state index contributed by atoms with van der Waals surface area (Å²) < 4.78 is 0. The van der Waals surface area contributed by atoms with E-state index in [1.54, 1.807) is 0 Å². The predicted octanol–water partition coefficient (Wildman–Crippen LogP) is 1.69. The lowest BCUT2D eigenvalue weighted by Gasteiger charge is -2.26. The summed E-state index contributed by atoms with van der Waals surface area (Å²) in [6.07, 6.45) is 1.16. The molecule has 2 N–H and O–H groups in total. The SMILES string of the molecule is CC(C)NCc1ccccc1N1CCCN(CCO)CC1. The normalized spacial score (nSPS) is 17.2. The lowest BCUT2D eigenvalue weighted by atomic mass is 10.1. The van der Waals surface area contributed by atoms with Gasteiger partial charge in [-0.3, -0.25) is 4.90 Å². The fourth-order valence-corrected chi connectivity index (χ4v) is 2.86. The average Bonchev–Trinajstić information content (AvgIpc) is 2.71. The maximum atomic E-state index is 9.10. The van der Waals surface area contributed by atoms with Crippen molar-refractivity contribution in [3.8, 4) is 0 Å². The van der Waals surface area contributed by atoms with E-state index in [1.807, 2.05) is 0 Å². The summed E-state index contributed by atoms with van der Waals surface area (Å²) in [5.74, 6) is 0. The van der Waals surface area contributed by atoms with Gasteiger partial charge in [-0.15, -0.1) is 0 Å². The van der Waals surface area contributed by atoms with Crippen LogP contribution in [0.2, 0.25) is 0 Å². The number of anilines is 1. The number of para-hydroxylation sites is 1. The number of benzene rings is 1. The zero-order valence-electron chi connectivity index (χ0n) is 13.4. The molecule has 4 nitrogen and oxygen atoms in total. The van der Waals surface area contributed by atoms with E-state index in [1.165, 1.54) is 11.3 Å². The molecule has 1 heterocycles. The third kappa shape index (κ3) is 4.99. The van der Waals surface area contributed by atoms with Crippen LogP contribution in [0.4, 0.5) is 5.69 Å². The highest BCUT2D eigenvalue weighted by molar-refractivity contribution is 5.53. The van der Waals surface area contributed by atoms with Crippen molar-refractivity contribution in [2.75, 3.05) is 44.2 Å². The van der Waals surface area contributed by atoms with Crippen LogP contribution in [0.15, 0.2) is 24.3 Å². The number of aliphatic hydroxyl groups excluding tert-OH is 1. The number of hydrogen-bond acceptors (Lipinski definition) is 4. The van der Waals surface area contributed by atoms with E-state index in [9.17, 15) is 0 Å². The molecule has 1 saturated heterocycles. The summed E-state index contributed by atoms with van der Waals surface area (Å²) in [7, 11) is 0. The highest BCUT2D eigenvalue weighted by Gasteiger charge is 2.16. The van der Waals surface area contributed by atoms with Crippen molar-refractivity contribution >= 4 is 5.69 Å². The first-order chi connectivity index (χ1) is 10.2. The Labute approximate surface area is 128 Å². The van der Waals surface area contributed by atoms with E-state index in [2.05, 4.69) is 53.2 Å². The molecule has 1 aromatic carbocycles. The molecule has 0 radical (unpaired) electrons. The van der Waals surface area contributed by atoms with Gasteiger partial charge >= 0.3 is 0 Å². The lowest BCUT2D eigenvalue weighted by Crippen LogP contribution is -2.33. The zero-order valence-corrected chi connectivity index (χ0v) is 13.4. The van der Waals surface area contributed by atoms with Crippen molar-refractivity contribution in [1.29, 1.82) is 0 Å². The fourth-order valence-electron chi connectivity index (χ4n) is 2.86. The third-order valence-corrected chi connectivity index (χ3v) is 4.04. The van der Waals surface area contributed by atoms with Gasteiger partial charge in [-0.1, -0.05) is 32.0 Å². The van der Waals surface area contributed by atoms with Gasteiger partial charge in [0, 0.05) is 44.5 Å². The van der Waals surface area contributed by atoms with Crippen molar-refractivity contribution in [2.24, 2.45) is 0 Å². The van der Waals surface area contributed by atoms with Crippen LogP contribution in [0.5, 0.6) is 0 Å². The van der Waals surface area contributed by atoms with Crippen molar-refractivity contribution in [1.82, 2.24) is 10.2 Å². The zero-order chi connectivity index (χ0) is 15.1. The lowest BCUT2D eigenvalue weighted by molar-refractivity contribution is 0.204. The second kappa shape index (κ2) is 8.37. The molecule has 0 bridgehead atoms. The molecule has 0 amide bonds. The van der Waals surface area contributed by atoms with Crippen LogP contribution in [0.25, 0.3) is 0 Å². The molecule has 1 fully saturated rings. The number of β-amino-alcohol motifs (C(OH)–C–C–N with tert-alkyl or cyclic N) is 1. The van der Waals surface area contributed by atoms with Gasteiger partial charge in [0.1, 0.15) is 0 Å². The van der Waals surface area contributed by atoms with E-state index in [0.717, 1.165) is 45.7 Å². The minimum Gasteiger partial charge on any atom is -0.395 e. The maximum Gasteiger partial charge on any atom is 0.0558 e. The van der Waals surface area contributed by atoms with Crippen molar-refractivity contribution < 1.29 is 5.11 Å². The summed E-state index contributed by atoms with van der Waals surface area (Å²) in [6, 6.07) is 9.21. The highest BCUT2D eigenvalue weighted by Crippen LogP contribution is 2.22. The van der Waals surface area contributed by atoms with Gasteiger partial charge in [0.2, 0.25) is 0 Å². The molecular weight excluding hydrogens is 262 g/mol. The van der Waals surface area contributed by atoms with Gasteiger partial charge in [0.15, 0.2) is 0 Å². The Kier molecular flexibility index (Phi) is 6.49. The molecule has 21 heavy (non-hydrogen) atoms. The van der Waals surface area contributed by atoms with Crippen LogP contribution < -0.4 is 10.2 Å². The van der Waals surface area contributed by atoms with Gasteiger partial charge < -0.3 is 15.3 Å². The first-order valence-corrected chi connectivity index (χ1v) is 8.10. The van der Waals surface area contributed by atoms with E-state index in [0.29, 0.717) is 6.04 Å². The Morgan fingerprint density at radius 2 is 1.95 bits per heavy atom. The minimum atomic E-state index is 0.259. The number of aliphatic hydroxyl groups is 1. The molecule has 118 valence electrons. The van der Waals surface area contributed by atoms with Gasteiger partial charge in [0.25, 0.3) is 0 Å². The van der Waals surface area contributed by atoms with E-state index >= 15 is 0 Å². The van der Waals surface area contributed by atoms with Crippen molar-refractivity contribution in [3.05, 3.63) is 29.8 Å². The van der Waals surface area contributed by atoms with Crippen LogP contribution in [-0.2, 0) is 6.54 Å². The maximum absolute atomic E-state index is 9.10. The molecule has 0 aromatic heterocycles. The third-order valence-electron chi connectivity index (χ3n) is 4.04. The molecule has 0 aliphatic carbocycles. The molecule has 2 rings (SSSR count). The number of nitrogens with one attached hydrogen (secondary N) is 1. The monoisotopic (exact) mass is 291 g/mol. The fraction of sp³-hybridized carbons (Fsp3) is 0.647. The summed E-state index contributed by atoms with van der Waals surface area (Å²) in [5.41, 5.74) is 2.73. The van der Waals surface area contributed by atoms with Crippen LogP contribution >= 0.6 is 0 Å². The van der Waals surface area contributed by atoms with E-state index in [-0.39, 0.29) is 6.61 Å². The van der Waals surface area contributed by atoms with Crippen LogP contribution in [0.1, 0.15) is 25.8 Å². The molecule has 0 saturated carbocycles. The smallest absolute Gasteiger partial charge is 0.0558 e. The number of rotatable bonds is 6. The second-order valence-corrected chi connectivity index (χ2v) is 6.07. The quantitative estimate of drug-likeness (QED) is 0.836. The minimum absolute atomic E-state index is 0.259. The molecule has 0 atom stereocenters. The molecule has 0 spiro atoms. The van der Waals surface area contributed by atoms with Gasteiger partial charge in [-0.05, 0) is 24.6 Å². The Hall–Kier alpha value is -1.10. The standard InChI is InChI=1S/C17H29N3O/c1-15(2)18-14-16-6-3-4-7-17(16)20-9-5-8-19(10-11-20)12-13-21/h3-4,6-7,15,18,21H,5,8-14H2,1-2H3. The molecule has 0 unspecified atom stereocenters. The first-order valence-electron chi connectivity index (χ1n) is 8.10. The van der Waals surface area contributed by atoms with Crippen molar-refractivity contribution in [3.63, 3.8) is 0 Å². The van der Waals surface area contributed by atoms with E-state index < -0.39 is 0 Å². The Bertz CT molecular complexity index is 422. The highest BCUT2D eigenvalue weighted by atomic mass is 16.3. The van der Waals surface area contributed by atoms with Crippen molar-refractivity contribution in [2.45, 2.75) is 32.9 Å². The summed E-state index contributed by atoms with van der Waals surface area (Å²) in [6.45, 7) is 10.6.